The molecule has 1 aromatic carbocycles. The number of rotatable bonds is 6. The van der Waals surface area contributed by atoms with Gasteiger partial charge in [0.1, 0.15) is 0 Å². The van der Waals surface area contributed by atoms with Crippen LogP contribution in [0.2, 0.25) is 0 Å². The molecule has 0 amide bonds. The number of piperidine rings is 1. The number of ether oxygens (including phenoxy) is 1. The third kappa shape index (κ3) is 4.69. The average Bonchev–Trinajstić information content (AvgIpc) is 2.72. The highest BCUT2D eigenvalue weighted by atomic mass is 32.2. The maximum absolute atomic E-state index is 12.4. The molecule has 1 aliphatic rings. The summed E-state index contributed by atoms with van der Waals surface area (Å²) in [6, 6.07) is 7.78. The van der Waals surface area contributed by atoms with E-state index in [1.54, 1.807) is 0 Å². The molecule has 10 heteroatoms. The second kappa shape index (κ2) is 8.28. The molecule has 1 fully saturated rings. The van der Waals surface area contributed by atoms with Crippen molar-refractivity contribution in [3.05, 3.63) is 35.7 Å². The first-order chi connectivity index (χ1) is 13.0. The molecule has 0 saturated carbocycles. The molecule has 2 heterocycles. The summed E-state index contributed by atoms with van der Waals surface area (Å²) in [6.07, 6.45) is 3.30. The Labute approximate surface area is 158 Å². The third-order valence-electron chi connectivity index (χ3n) is 4.18. The highest BCUT2D eigenvalue weighted by Gasteiger charge is 2.19. The van der Waals surface area contributed by atoms with Gasteiger partial charge in [0.25, 0.3) is 0 Å². The number of hydrogen-bond donors (Lipinski definition) is 1. The van der Waals surface area contributed by atoms with Crippen LogP contribution in [-0.2, 0) is 16.6 Å². The number of nitriles is 1. The fraction of sp³-hybridized carbons (Fsp3) is 0.412. The Morgan fingerprint density at radius 2 is 1.85 bits per heavy atom. The number of nitrogens with one attached hydrogen (secondary N) is 1. The summed E-state index contributed by atoms with van der Waals surface area (Å²) in [7, 11) is -2.30. The van der Waals surface area contributed by atoms with Gasteiger partial charge in [0.05, 0.1) is 30.2 Å². The summed E-state index contributed by atoms with van der Waals surface area (Å²) in [6.45, 7) is 1.61. The predicted molar refractivity (Wildman–Crippen MR) is 97.6 cm³/mol. The topological polar surface area (TPSA) is 121 Å². The van der Waals surface area contributed by atoms with E-state index in [9.17, 15) is 8.42 Å². The zero-order chi connectivity index (χ0) is 19.3. The van der Waals surface area contributed by atoms with Gasteiger partial charge in [-0.2, -0.15) is 20.2 Å². The molecule has 142 valence electrons. The van der Waals surface area contributed by atoms with Crippen LogP contribution >= 0.6 is 0 Å². The Morgan fingerprint density at radius 3 is 2.48 bits per heavy atom. The van der Waals surface area contributed by atoms with Gasteiger partial charge in [0, 0.05) is 13.1 Å². The third-order valence-corrected chi connectivity index (χ3v) is 5.60. The predicted octanol–water partition coefficient (Wildman–Crippen LogP) is 1.22. The molecule has 1 N–H and O–H groups in total. The lowest BCUT2D eigenvalue weighted by molar-refractivity contribution is 0.374. The first kappa shape index (κ1) is 19.0. The van der Waals surface area contributed by atoms with Crippen LogP contribution in [0.25, 0.3) is 0 Å². The van der Waals surface area contributed by atoms with Crippen molar-refractivity contribution < 1.29 is 13.2 Å². The molecule has 2 aromatic rings. The van der Waals surface area contributed by atoms with Gasteiger partial charge in [-0.25, -0.2) is 13.1 Å². The number of benzene rings is 1. The van der Waals surface area contributed by atoms with Gasteiger partial charge in [-0.05, 0) is 43.5 Å². The molecule has 1 aliphatic heterocycles. The van der Waals surface area contributed by atoms with E-state index in [1.807, 2.05) is 11.0 Å². The number of hydrogen-bond acceptors (Lipinski definition) is 8. The minimum Gasteiger partial charge on any atom is -0.467 e. The molecule has 0 spiro atoms. The fourth-order valence-electron chi connectivity index (χ4n) is 2.74. The van der Waals surface area contributed by atoms with E-state index in [-0.39, 0.29) is 23.3 Å². The highest BCUT2D eigenvalue weighted by Crippen LogP contribution is 2.18. The molecule has 27 heavy (non-hydrogen) atoms. The summed E-state index contributed by atoms with van der Waals surface area (Å²) in [5.41, 5.74) is 0.391. The average molecular weight is 388 g/mol. The summed E-state index contributed by atoms with van der Waals surface area (Å²) >= 11 is 0. The van der Waals surface area contributed by atoms with E-state index >= 15 is 0 Å². The molecular weight excluding hydrogens is 368 g/mol. The zero-order valence-electron chi connectivity index (χ0n) is 14.9. The monoisotopic (exact) mass is 388 g/mol. The quantitative estimate of drug-likeness (QED) is 0.784. The van der Waals surface area contributed by atoms with Gasteiger partial charge in [0.2, 0.25) is 16.0 Å². The highest BCUT2D eigenvalue weighted by molar-refractivity contribution is 7.89. The van der Waals surface area contributed by atoms with Crippen LogP contribution in [0.5, 0.6) is 6.01 Å². The van der Waals surface area contributed by atoms with Crippen molar-refractivity contribution in [1.29, 1.82) is 5.26 Å². The standard InChI is InChI=1S/C17H20N6O3S/c1-26-17-21-15(20-16(22-17)23-9-3-2-4-10-23)12-19-27(24,25)14-7-5-13(11-18)6-8-14/h5-8,19H,2-4,9-10,12H2,1H3. The summed E-state index contributed by atoms with van der Waals surface area (Å²) in [5, 5.41) is 8.81. The lowest BCUT2D eigenvalue weighted by Gasteiger charge is -2.26. The second-order valence-corrected chi connectivity index (χ2v) is 7.81. The van der Waals surface area contributed by atoms with Gasteiger partial charge in [-0.3, -0.25) is 0 Å². The molecule has 0 unspecified atom stereocenters. The van der Waals surface area contributed by atoms with Gasteiger partial charge < -0.3 is 9.64 Å². The lowest BCUT2D eigenvalue weighted by atomic mass is 10.1. The molecule has 0 radical (unpaired) electrons. The van der Waals surface area contributed by atoms with Crippen LogP contribution in [0.1, 0.15) is 30.7 Å². The minimum atomic E-state index is -3.75. The van der Waals surface area contributed by atoms with E-state index < -0.39 is 10.0 Å². The Bertz CT molecular complexity index is 934. The van der Waals surface area contributed by atoms with E-state index in [2.05, 4.69) is 19.7 Å². The first-order valence-electron chi connectivity index (χ1n) is 8.55. The molecule has 0 atom stereocenters. The summed E-state index contributed by atoms with van der Waals surface area (Å²) < 4.78 is 32.5. The van der Waals surface area contributed by atoms with Gasteiger partial charge in [-0.15, -0.1) is 0 Å². The first-order valence-corrected chi connectivity index (χ1v) is 10.0. The summed E-state index contributed by atoms with van der Waals surface area (Å²) in [5.74, 6) is 0.772. The van der Waals surface area contributed by atoms with E-state index in [4.69, 9.17) is 10.00 Å². The molecule has 3 rings (SSSR count). The van der Waals surface area contributed by atoms with E-state index in [0.717, 1.165) is 25.9 Å². The van der Waals surface area contributed by atoms with Gasteiger partial charge >= 0.3 is 6.01 Å². The number of methoxy groups -OCH3 is 1. The van der Waals surface area contributed by atoms with Crippen LogP contribution in [0.3, 0.4) is 0 Å². The smallest absolute Gasteiger partial charge is 0.321 e. The minimum absolute atomic E-state index is 0.0683. The van der Waals surface area contributed by atoms with Crippen molar-refractivity contribution in [3.8, 4) is 12.1 Å². The largest absolute Gasteiger partial charge is 0.467 e. The molecule has 0 aliphatic carbocycles. The maximum atomic E-state index is 12.4. The van der Waals surface area contributed by atoms with Gasteiger partial charge in [0.15, 0.2) is 5.82 Å². The molecular formula is C17H20N6O3S. The number of sulfonamides is 1. The number of anilines is 1. The van der Waals surface area contributed by atoms with Crippen molar-refractivity contribution in [1.82, 2.24) is 19.7 Å². The van der Waals surface area contributed by atoms with Crippen molar-refractivity contribution in [2.75, 3.05) is 25.1 Å². The molecule has 1 saturated heterocycles. The van der Waals surface area contributed by atoms with Crippen LogP contribution in [0.15, 0.2) is 29.2 Å². The van der Waals surface area contributed by atoms with Crippen molar-refractivity contribution in [2.45, 2.75) is 30.7 Å². The van der Waals surface area contributed by atoms with E-state index in [0.29, 0.717) is 11.5 Å². The summed E-state index contributed by atoms with van der Waals surface area (Å²) in [4.78, 5) is 14.9. The number of nitrogens with zero attached hydrogens (tertiary/aromatic N) is 5. The maximum Gasteiger partial charge on any atom is 0.321 e. The Balaban J connectivity index is 1.76. The number of aromatic nitrogens is 3. The fourth-order valence-corrected chi connectivity index (χ4v) is 3.72. The van der Waals surface area contributed by atoms with Crippen molar-refractivity contribution in [2.24, 2.45) is 0 Å². The second-order valence-electron chi connectivity index (χ2n) is 6.05. The Morgan fingerprint density at radius 1 is 1.15 bits per heavy atom. The van der Waals surface area contributed by atoms with Crippen LogP contribution in [0, 0.1) is 11.3 Å². The van der Waals surface area contributed by atoms with Crippen molar-refractivity contribution in [3.63, 3.8) is 0 Å². The Hall–Kier alpha value is -2.77. The van der Waals surface area contributed by atoms with Crippen LogP contribution < -0.4 is 14.4 Å². The molecule has 0 bridgehead atoms. The van der Waals surface area contributed by atoms with Crippen LogP contribution in [-0.4, -0.2) is 43.6 Å². The van der Waals surface area contributed by atoms with Crippen LogP contribution in [0.4, 0.5) is 5.95 Å². The lowest BCUT2D eigenvalue weighted by Crippen LogP contribution is -2.32. The van der Waals surface area contributed by atoms with Crippen molar-refractivity contribution >= 4 is 16.0 Å². The normalized spacial score (nSPS) is 14.6. The molecule has 9 nitrogen and oxygen atoms in total. The zero-order valence-corrected chi connectivity index (χ0v) is 15.7. The molecule has 1 aromatic heterocycles. The Kier molecular flexibility index (Phi) is 5.83. The SMILES string of the molecule is COc1nc(CNS(=O)(=O)c2ccc(C#N)cc2)nc(N2CCCCC2)n1. The van der Waals surface area contributed by atoms with Gasteiger partial charge in [-0.1, -0.05) is 0 Å². The van der Waals surface area contributed by atoms with E-state index in [1.165, 1.54) is 37.8 Å².